The molecule has 0 amide bonds. The summed E-state index contributed by atoms with van der Waals surface area (Å²) in [5.41, 5.74) is 14.9. The molecule has 1 nitrogen and oxygen atoms in total. The first kappa shape index (κ1) is 27.7. The molecular formula is C49H32O. The van der Waals surface area contributed by atoms with Gasteiger partial charge in [0.2, 0.25) is 0 Å². The Morgan fingerprint density at radius 1 is 0.360 bits per heavy atom. The van der Waals surface area contributed by atoms with Gasteiger partial charge in [0.1, 0.15) is 11.2 Å². The number of rotatable bonds is 3. The lowest BCUT2D eigenvalue weighted by Gasteiger charge is -2.23. The smallest absolute Gasteiger partial charge is 0.136 e. The Balaban J connectivity index is 1.25. The van der Waals surface area contributed by atoms with Crippen LogP contribution in [0.25, 0.3) is 98.8 Å². The van der Waals surface area contributed by atoms with Crippen molar-refractivity contribution in [1.82, 2.24) is 0 Å². The van der Waals surface area contributed by atoms with E-state index in [2.05, 4.69) is 172 Å². The predicted molar refractivity (Wildman–Crippen MR) is 211 cm³/mol. The van der Waals surface area contributed by atoms with Crippen LogP contribution in [0.5, 0.6) is 0 Å². The van der Waals surface area contributed by atoms with E-state index in [0.29, 0.717) is 0 Å². The van der Waals surface area contributed by atoms with Crippen LogP contribution in [0.1, 0.15) is 25.0 Å². The Hall–Kier alpha value is -6.18. The molecule has 11 rings (SSSR count). The molecule has 0 spiro atoms. The molecule has 0 N–H and O–H groups in total. The van der Waals surface area contributed by atoms with E-state index >= 15 is 0 Å². The van der Waals surface area contributed by atoms with Gasteiger partial charge in [0.25, 0.3) is 0 Å². The summed E-state index contributed by atoms with van der Waals surface area (Å²) >= 11 is 0. The van der Waals surface area contributed by atoms with Crippen molar-refractivity contribution in [3.05, 3.63) is 169 Å². The zero-order chi connectivity index (χ0) is 33.1. The molecule has 1 heteroatoms. The SMILES string of the molecule is CC1(C)c2ccccc2-c2c(-c3ccccc3-c3c4ccccc4c(-c4cc5cccc6oc7cccc4c7c56)c4ccccc34)cccc21. The third kappa shape index (κ3) is 3.56. The second-order valence-corrected chi connectivity index (χ2v) is 14.3. The van der Waals surface area contributed by atoms with Gasteiger partial charge in [-0.3, -0.25) is 0 Å². The third-order valence-electron chi connectivity index (χ3n) is 11.4. The molecule has 0 fully saturated rings. The van der Waals surface area contributed by atoms with Crippen LogP contribution >= 0.6 is 0 Å². The Morgan fingerprint density at radius 2 is 0.860 bits per heavy atom. The van der Waals surface area contributed by atoms with Gasteiger partial charge in [-0.15, -0.1) is 0 Å². The Labute approximate surface area is 290 Å². The largest absolute Gasteiger partial charge is 0.456 e. The molecule has 0 unspecified atom stereocenters. The van der Waals surface area contributed by atoms with Crippen LogP contribution < -0.4 is 0 Å². The summed E-state index contributed by atoms with van der Waals surface area (Å²) in [5, 5.41) is 9.87. The molecule has 1 aliphatic rings. The number of benzene rings is 9. The fourth-order valence-electron chi connectivity index (χ4n) is 9.30. The van der Waals surface area contributed by atoms with Crippen molar-refractivity contribution in [3.63, 3.8) is 0 Å². The van der Waals surface area contributed by atoms with Crippen LogP contribution in [0, 0.1) is 0 Å². The fourth-order valence-corrected chi connectivity index (χ4v) is 9.30. The summed E-state index contributed by atoms with van der Waals surface area (Å²) in [6.07, 6.45) is 0. The summed E-state index contributed by atoms with van der Waals surface area (Å²) in [7, 11) is 0. The second kappa shape index (κ2) is 9.94. The molecule has 0 atom stereocenters. The van der Waals surface area contributed by atoms with Crippen LogP contribution in [0.4, 0.5) is 0 Å². The summed E-state index contributed by atoms with van der Waals surface area (Å²) in [5.74, 6) is 0. The maximum Gasteiger partial charge on any atom is 0.136 e. The van der Waals surface area contributed by atoms with Crippen molar-refractivity contribution in [1.29, 1.82) is 0 Å². The van der Waals surface area contributed by atoms with E-state index in [0.717, 1.165) is 11.2 Å². The molecule has 0 saturated heterocycles. The monoisotopic (exact) mass is 636 g/mol. The molecule has 0 aliphatic heterocycles. The Kier molecular flexibility index (Phi) is 5.51. The van der Waals surface area contributed by atoms with Crippen LogP contribution in [-0.4, -0.2) is 0 Å². The summed E-state index contributed by atoms with van der Waals surface area (Å²) < 4.78 is 6.38. The van der Waals surface area contributed by atoms with E-state index in [1.165, 1.54) is 98.7 Å². The topological polar surface area (TPSA) is 13.1 Å². The quantitative estimate of drug-likeness (QED) is 0.139. The highest BCUT2D eigenvalue weighted by Crippen LogP contribution is 2.54. The van der Waals surface area contributed by atoms with Gasteiger partial charge in [-0.05, 0) is 106 Å². The normalized spacial score (nSPS) is 13.6. The number of furan rings is 1. The number of hydrogen-bond donors (Lipinski definition) is 0. The third-order valence-corrected chi connectivity index (χ3v) is 11.4. The second-order valence-electron chi connectivity index (χ2n) is 14.3. The van der Waals surface area contributed by atoms with E-state index in [4.69, 9.17) is 4.42 Å². The molecule has 1 aromatic heterocycles. The molecule has 50 heavy (non-hydrogen) atoms. The van der Waals surface area contributed by atoms with E-state index < -0.39 is 0 Å². The van der Waals surface area contributed by atoms with Gasteiger partial charge >= 0.3 is 0 Å². The van der Waals surface area contributed by atoms with Gasteiger partial charge in [0.05, 0.1) is 0 Å². The van der Waals surface area contributed by atoms with Crippen LogP contribution in [0.15, 0.2) is 162 Å². The zero-order valence-corrected chi connectivity index (χ0v) is 27.9. The minimum atomic E-state index is -0.0618. The molecule has 9 aromatic carbocycles. The first-order valence-electron chi connectivity index (χ1n) is 17.5. The average molecular weight is 637 g/mol. The maximum absolute atomic E-state index is 6.38. The van der Waals surface area contributed by atoms with Gasteiger partial charge in [-0.1, -0.05) is 153 Å². The molecular weight excluding hydrogens is 605 g/mol. The molecule has 234 valence electrons. The van der Waals surface area contributed by atoms with Gasteiger partial charge < -0.3 is 4.42 Å². The minimum Gasteiger partial charge on any atom is -0.456 e. The van der Waals surface area contributed by atoms with E-state index in [1.54, 1.807) is 0 Å². The van der Waals surface area contributed by atoms with Crippen LogP contribution in [0.3, 0.4) is 0 Å². The molecule has 0 bridgehead atoms. The van der Waals surface area contributed by atoms with Gasteiger partial charge in [0.15, 0.2) is 0 Å². The van der Waals surface area contributed by atoms with Gasteiger partial charge in [-0.2, -0.15) is 0 Å². The van der Waals surface area contributed by atoms with E-state index in [9.17, 15) is 0 Å². The minimum absolute atomic E-state index is 0.0618. The molecule has 1 aliphatic carbocycles. The maximum atomic E-state index is 6.38. The first-order chi connectivity index (χ1) is 24.6. The highest BCUT2D eigenvalue weighted by molar-refractivity contribution is 6.30. The fraction of sp³-hybridized carbons (Fsp3) is 0.0612. The first-order valence-corrected chi connectivity index (χ1v) is 17.5. The van der Waals surface area contributed by atoms with Crippen molar-refractivity contribution in [3.8, 4) is 44.5 Å². The zero-order valence-electron chi connectivity index (χ0n) is 27.9. The van der Waals surface area contributed by atoms with Crippen LogP contribution in [-0.2, 0) is 5.41 Å². The lowest BCUT2D eigenvalue weighted by Crippen LogP contribution is -2.14. The Bertz CT molecular complexity index is 2950. The molecule has 10 aromatic rings. The Morgan fingerprint density at radius 3 is 1.58 bits per heavy atom. The molecule has 0 radical (unpaired) electrons. The van der Waals surface area contributed by atoms with Crippen molar-refractivity contribution in [2.24, 2.45) is 0 Å². The number of fused-ring (bicyclic) bond motifs is 5. The van der Waals surface area contributed by atoms with Crippen molar-refractivity contribution < 1.29 is 4.42 Å². The summed E-state index contributed by atoms with van der Waals surface area (Å²) in [6, 6.07) is 58.2. The standard InChI is InChI=1S/C49H32O/c1-49(2)40-24-10-9-21-38(40)47-32(22-12-25-41(47)49)30-15-3-4-16-31(30)45-33-17-5-7-19-35(33)46(36-20-8-6-18-34(36)45)39-28-29-14-11-26-42-44(29)48-37(39)23-13-27-43(48)50-42/h3-28H,1-2H3. The van der Waals surface area contributed by atoms with Crippen molar-refractivity contribution in [2.45, 2.75) is 19.3 Å². The lowest BCUT2D eigenvalue weighted by molar-refractivity contribution is 0.660. The van der Waals surface area contributed by atoms with E-state index in [-0.39, 0.29) is 5.41 Å². The van der Waals surface area contributed by atoms with Crippen molar-refractivity contribution >= 4 is 54.3 Å². The van der Waals surface area contributed by atoms with Gasteiger partial charge in [0, 0.05) is 16.2 Å². The molecule has 1 heterocycles. The number of hydrogen-bond acceptors (Lipinski definition) is 1. The predicted octanol–water partition coefficient (Wildman–Crippen LogP) is 13.8. The highest BCUT2D eigenvalue weighted by atomic mass is 16.3. The van der Waals surface area contributed by atoms with E-state index in [1.807, 2.05) is 0 Å². The average Bonchev–Trinajstić information content (AvgIpc) is 3.66. The van der Waals surface area contributed by atoms with Crippen LogP contribution in [0.2, 0.25) is 0 Å². The van der Waals surface area contributed by atoms with Gasteiger partial charge in [-0.25, -0.2) is 0 Å². The summed E-state index contributed by atoms with van der Waals surface area (Å²) in [6.45, 7) is 4.72. The summed E-state index contributed by atoms with van der Waals surface area (Å²) in [4.78, 5) is 0. The lowest BCUT2D eigenvalue weighted by atomic mass is 9.80. The highest BCUT2D eigenvalue weighted by Gasteiger charge is 2.37. The molecule has 0 saturated carbocycles. The van der Waals surface area contributed by atoms with Crippen molar-refractivity contribution in [2.75, 3.05) is 0 Å².